The van der Waals surface area contributed by atoms with Crippen molar-refractivity contribution in [1.29, 1.82) is 0 Å². The summed E-state index contributed by atoms with van der Waals surface area (Å²) >= 11 is 0. The van der Waals surface area contributed by atoms with Crippen molar-refractivity contribution in [1.82, 2.24) is 15.3 Å². The van der Waals surface area contributed by atoms with Crippen molar-refractivity contribution in [2.45, 2.75) is 19.9 Å². The van der Waals surface area contributed by atoms with Crippen LogP contribution in [0.4, 0.5) is 0 Å². The predicted molar refractivity (Wildman–Crippen MR) is 72.8 cm³/mol. The molecular formula is C14H17N3O2. The molecule has 1 heterocycles. The molecule has 100 valence electrons. The van der Waals surface area contributed by atoms with Crippen molar-refractivity contribution < 1.29 is 10.2 Å². The van der Waals surface area contributed by atoms with Crippen molar-refractivity contribution in [3.63, 3.8) is 0 Å². The summed E-state index contributed by atoms with van der Waals surface area (Å²) in [6.07, 6.45) is 2.76. The summed E-state index contributed by atoms with van der Waals surface area (Å²) in [5.74, 6) is 0.214. The number of phenolic OH excluding ortho intramolecular Hbond substituents is 2. The standard InChI is InChI=1S/C14H17N3O2/c1-2-6-15-9-11-5-7-16-14(17-11)10-3-4-12(18)13(19)8-10/h3-5,7-8,15,18-19H,2,6,9H2,1H3. The molecule has 0 atom stereocenters. The third-order valence-corrected chi connectivity index (χ3v) is 2.68. The number of aromatic nitrogens is 2. The molecule has 0 radical (unpaired) electrons. The first-order valence-electron chi connectivity index (χ1n) is 6.25. The van der Waals surface area contributed by atoms with Gasteiger partial charge >= 0.3 is 0 Å². The van der Waals surface area contributed by atoms with Gasteiger partial charge < -0.3 is 15.5 Å². The minimum atomic E-state index is -0.171. The van der Waals surface area contributed by atoms with E-state index >= 15 is 0 Å². The smallest absolute Gasteiger partial charge is 0.159 e. The number of aromatic hydroxyl groups is 2. The molecule has 5 heteroatoms. The molecule has 0 aliphatic rings. The van der Waals surface area contributed by atoms with E-state index in [1.807, 2.05) is 6.07 Å². The van der Waals surface area contributed by atoms with E-state index in [2.05, 4.69) is 22.2 Å². The Balaban J connectivity index is 2.19. The highest BCUT2D eigenvalue weighted by Crippen LogP contribution is 2.28. The highest BCUT2D eigenvalue weighted by atomic mass is 16.3. The van der Waals surface area contributed by atoms with Gasteiger partial charge in [-0.1, -0.05) is 6.92 Å². The molecular weight excluding hydrogens is 242 g/mol. The molecule has 0 aliphatic heterocycles. The lowest BCUT2D eigenvalue weighted by molar-refractivity contribution is 0.404. The molecule has 19 heavy (non-hydrogen) atoms. The monoisotopic (exact) mass is 259 g/mol. The third kappa shape index (κ3) is 3.42. The summed E-state index contributed by atoms with van der Waals surface area (Å²) in [7, 11) is 0. The molecule has 0 saturated carbocycles. The number of nitrogens with one attached hydrogen (secondary N) is 1. The fourth-order valence-electron chi connectivity index (χ4n) is 1.69. The first kappa shape index (κ1) is 13.3. The van der Waals surface area contributed by atoms with E-state index in [0.717, 1.165) is 18.7 Å². The number of nitrogens with zero attached hydrogens (tertiary/aromatic N) is 2. The van der Waals surface area contributed by atoms with Crippen LogP contribution in [0.1, 0.15) is 19.0 Å². The fourth-order valence-corrected chi connectivity index (χ4v) is 1.69. The molecule has 0 unspecified atom stereocenters. The number of benzene rings is 1. The Morgan fingerprint density at radius 3 is 2.74 bits per heavy atom. The zero-order valence-electron chi connectivity index (χ0n) is 10.8. The van der Waals surface area contributed by atoms with Crippen molar-refractivity contribution >= 4 is 0 Å². The topological polar surface area (TPSA) is 78.3 Å². The van der Waals surface area contributed by atoms with Crippen LogP contribution in [0.2, 0.25) is 0 Å². The number of hydrogen-bond donors (Lipinski definition) is 3. The minimum absolute atomic E-state index is 0.149. The van der Waals surface area contributed by atoms with Crippen LogP contribution in [0.5, 0.6) is 11.5 Å². The Kier molecular flexibility index (Phi) is 4.30. The van der Waals surface area contributed by atoms with Crippen molar-refractivity contribution in [2.75, 3.05) is 6.54 Å². The van der Waals surface area contributed by atoms with E-state index in [1.165, 1.54) is 12.1 Å². The van der Waals surface area contributed by atoms with Gasteiger partial charge in [0.1, 0.15) is 0 Å². The summed E-state index contributed by atoms with van der Waals surface area (Å²) in [5.41, 5.74) is 1.57. The highest BCUT2D eigenvalue weighted by Gasteiger charge is 2.06. The largest absolute Gasteiger partial charge is 0.504 e. The van der Waals surface area contributed by atoms with Crippen LogP contribution in [-0.4, -0.2) is 26.7 Å². The maximum Gasteiger partial charge on any atom is 0.159 e. The lowest BCUT2D eigenvalue weighted by atomic mass is 10.2. The Morgan fingerprint density at radius 2 is 2.00 bits per heavy atom. The van der Waals surface area contributed by atoms with Gasteiger partial charge in [-0.25, -0.2) is 9.97 Å². The summed E-state index contributed by atoms with van der Waals surface area (Å²) in [5, 5.41) is 22.0. The summed E-state index contributed by atoms with van der Waals surface area (Å²) < 4.78 is 0. The summed E-state index contributed by atoms with van der Waals surface area (Å²) in [6, 6.07) is 6.41. The summed E-state index contributed by atoms with van der Waals surface area (Å²) in [4.78, 5) is 8.60. The molecule has 2 aromatic rings. The number of hydrogen-bond acceptors (Lipinski definition) is 5. The molecule has 5 nitrogen and oxygen atoms in total. The second kappa shape index (κ2) is 6.15. The van der Waals surface area contributed by atoms with Gasteiger partial charge in [0.25, 0.3) is 0 Å². The number of phenols is 2. The molecule has 0 aliphatic carbocycles. The zero-order chi connectivity index (χ0) is 13.7. The predicted octanol–water partition coefficient (Wildman–Crippen LogP) is 2.05. The SMILES string of the molecule is CCCNCc1ccnc(-c2ccc(O)c(O)c2)n1. The second-order valence-corrected chi connectivity index (χ2v) is 4.25. The van der Waals surface area contributed by atoms with E-state index in [0.29, 0.717) is 17.9 Å². The first-order valence-corrected chi connectivity index (χ1v) is 6.25. The second-order valence-electron chi connectivity index (χ2n) is 4.25. The van der Waals surface area contributed by atoms with Gasteiger partial charge in [0, 0.05) is 18.3 Å². The average molecular weight is 259 g/mol. The van der Waals surface area contributed by atoms with Crippen molar-refractivity contribution in [3.05, 3.63) is 36.2 Å². The molecule has 0 amide bonds. The van der Waals surface area contributed by atoms with Crippen LogP contribution in [-0.2, 0) is 6.54 Å². The van der Waals surface area contributed by atoms with Crippen LogP contribution < -0.4 is 5.32 Å². The lowest BCUT2D eigenvalue weighted by Gasteiger charge is -2.06. The normalized spacial score (nSPS) is 10.6. The van der Waals surface area contributed by atoms with Gasteiger partial charge in [-0.15, -0.1) is 0 Å². The van der Waals surface area contributed by atoms with E-state index in [4.69, 9.17) is 0 Å². The van der Waals surface area contributed by atoms with E-state index < -0.39 is 0 Å². The molecule has 0 fully saturated rings. The molecule has 0 spiro atoms. The zero-order valence-corrected chi connectivity index (χ0v) is 10.8. The molecule has 0 bridgehead atoms. The molecule has 1 aromatic carbocycles. The maximum atomic E-state index is 9.49. The first-order chi connectivity index (χ1) is 9.20. The number of rotatable bonds is 5. The van der Waals surface area contributed by atoms with Crippen LogP contribution in [0.3, 0.4) is 0 Å². The third-order valence-electron chi connectivity index (χ3n) is 2.68. The van der Waals surface area contributed by atoms with Gasteiger partial charge in [0.2, 0.25) is 0 Å². The van der Waals surface area contributed by atoms with Crippen molar-refractivity contribution in [3.8, 4) is 22.9 Å². The quantitative estimate of drug-likeness (QED) is 0.566. The van der Waals surface area contributed by atoms with Gasteiger partial charge in [-0.2, -0.15) is 0 Å². The molecule has 0 saturated heterocycles. The van der Waals surface area contributed by atoms with Crippen LogP contribution in [0, 0.1) is 0 Å². The van der Waals surface area contributed by atoms with E-state index in [1.54, 1.807) is 12.3 Å². The molecule has 3 N–H and O–H groups in total. The van der Waals surface area contributed by atoms with Crippen molar-refractivity contribution in [2.24, 2.45) is 0 Å². The van der Waals surface area contributed by atoms with E-state index in [9.17, 15) is 10.2 Å². The van der Waals surface area contributed by atoms with Gasteiger partial charge in [-0.05, 0) is 37.2 Å². The van der Waals surface area contributed by atoms with Gasteiger partial charge in [0.05, 0.1) is 5.69 Å². The fraction of sp³-hybridized carbons (Fsp3) is 0.286. The van der Waals surface area contributed by atoms with Gasteiger partial charge in [-0.3, -0.25) is 0 Å². The van der Waals surface area contributed by atoms with Crippen LogP contribution >= 0.6 is 0 Å². The van der Waals surface area contributed by atoms with Gasteiger partial charge in [0.15, 0.2) is 17.3 Å². The minimum Gasteiger partial charge on any atom is -0.504 e. The van der Waals surface area contributed by atoms with Crippen LogP contribution in [0.15, 0.2) is 30.5 Å². The highest BCUT2D eigenvalue weighted by molar-refractivity contribution is 5.60. The Hall–Kier alpha value is -2.14. The van der Waals surface area contributed by atoms with E-state index in [-0.39, 0.29) is 11.5 Å². The lowest BCUT2D eigenvalue weighted by Crippen LogP contribution is -2.15. The average Bonchev–Trinajstić information content (AvgIpc) is 2.43. The summed E-state index contributed by atoms with van der Waals surface area (Å²) in [6.45, 7) is 3.74. The van der Waals surface area contributed by atoms with Crippen LogP contribution in [0.25, 0.3) is 11.4 Å². The Bertz CT molecular complexity index is 558. The Labute approximate surface area is 112 Å². The molecule has 2 rings (SSSR count). The Morgan fingerprint density at radius 1 is 1.16 bits per heavy atom. The molecule has 1 aromatic heterocycles. The maximum absolute atomic E-state index is 9.49.